The van der Waals surface area contributed by atoms with E-state index in [9.17, 15) is 0 Å². The van der Waals surface area contributed by atoms with E-state index in [-0.39, 0.29) is 0 Å². The second kappa shape index (κ2) is 14.8. The molecular weight excluding hydrogens is 801 g/mol. The van der Waals surface area contributed by atoms with Crippen molar-refractivity contribution in [1.82, 2.24) is 0 Å². The Hall–Kier alpha value is -7.34. The van der Waals surface area contributed by atoms with Crippen molar-refractivity contribution in [2.75, 3.05) is 9.80 Å². The molecule has 0 atom stereocenters. The zero-order valence-electron chi connectivity index (χ0n) is 32.5. The summed E-state index contributed by atoms with van der Waals surface area (Å²) in [5, 5.41) is 0. The summed E-state index contributed by atoms with van der Waals surface area (Å²) in [5.74, 6) is 2.92. The lowest BCUT2D eigenvalue weighted by Gasteiger charge is -2.39. The third kappa shape index (κ3) is 5.97. The van der Waals surface area contributed by atoms with Crippen molar-refractivity contribution in [2.24, 2.45) is 0 Å². The quantitative estimate of drug-likeness (QED) is 0.152. The van der Waals surface area contributed by atoms with Gasteiger partial charge in [0, 0.05) is 56.5 Å². The Labute approximate surface area is 358 Å². The van der Waals surface area contributed by atoms with Crippen LogP contribution in [-0.4, -0.2) is 0 Å². The summed E-state index contributed by atoms with van der Waals surface area (Å²) in [4.78, 5) is 4.54. The van der Waals surface area contributed by atoms with Crippen molar-refractivity contribution in [3.63, 3.8) is 0 Å². The highest BCUT2D eigenvalue weighted by Crippen LogP contribution is 2.62. The molecule has 4 nitrogen and oxygen atoms in total. The molecule has 0 bridgehead atoms. The molecule has 0 radical (unpaired) electrons. The van der Waals surface area contributed by atoms with Gasteiger partial charge in [-0.2, -0.15) is 0 Å². The van der Waals surface area contributed by atoms with E-state index in [1.165, 1.54) is 22.3 Å². The second-order valence-electron chi connectivity index (χ2n) is 15.0. The molecule has 1 aliphatic carbocycles. The maximum Gasteiger partial charge on any atom is 0.135 e. The highest BCUT2D eigenvalue weighted by Gasteiger charge is 2.51. The highest BCUT2D eigenvalue weighted by molar-refractivity contribution is 9.10. The summed E-state index contributed by atoms with van der Waals surface area (Å²) in [5.41, 5.74) is 12.6. The fourth-order valence-electron chi connectivity index (χ4n) is 9.15. The van der Waals surface area contributed by atoms with Crippen LogP contribution in [0.4, 0.5) is 34.1 Å². The Bertz CT molecular complexity index is 2780. The number of hydrogen-bond donors (Lipinski definition) is 0. The van der Waals surface area contributed by atoms with Crippen LogP contribution in [0.5, 0.6) is 23.0 Å². The predicted molar refractivity (Wildman–Crippen MR) is 247 cm³/mol. The average Bonchev–Trinajstić information content (AvgIpc) is 3.58. The summed E-state index contributed by atoms with van der Waals surface area (Å²) in [6.07, 6.45) is 0. The topological polar surface area (TPSA) is 24.9 Å². The van der Waals surface area contributed by atoms with Crippen LogP contribution in [0.25, 0.3) is 11.1 Å². The molecule has 0 N–H and O–H groups in total. The minimum Gasteiger partial charge on any atom is -0.457 e. The van der Waals surface area contributed by atoms with Crippen LogP contribution in [-0.2, 0) is 5.41 Å². The normalized spacial score (nSPS) is 12.7. The highest BCUT2D eigenvalue weighted by atomic mass is 79.9. The van der Waals surface area contributed by atoms with Gasteiger partial charge in [0.05, 0.1) is 16.8 Å². The Morgan fingerprint density at radius 1 is 0.350 bits per heavy atom. The van der Waals surface area contributed by atoms with Crippen LogP contribution >= 0.6 is 15.9 Å². The second-order valence-corrected chi connectivity index (χ2v) is 16.0. The Balaban J connectivity index is 1.09. The summed E-state index contributed by atoms with van der Waals surface area (Å²) in [6, 6.07) is 78.6. The third-order valence-corrected chi connectivity index (χ3v) is 12.1. The standard InChI is InChI=1S/C55H37BrN2O2/c56-38-29-31-51-53(33-38)60-54-37-45(30-32-52(54)55(51)49-27-15-13-25-47(49)48-26-14-16-28-50(48)55)59-46-35-43(57(39-17-5-1-6-18-39)40-19-7-2-8-20-40)34-44(36-46)58(41-21-9-3-10-22-41)42-23-11-4-12-24-42/h1-37H. The molecule has 11 rings (SSSR count). The number of hydrogen-bond acceptors (Lipinski definition) is 4. The molecule has 9 aromatic carbocycles. The van der Waals surface area contributed by atoms with Gasteiger partial charge in [-0.15, -0.1) is 0 Å². The van der Waals surface area contributed by atoms with Crippen molar-refractivity contribution in [3.8, 4) is 34.1 Å². The van der Waals surface area contributed by atoms with E-state index in [4.69, 9.17) is 9.47 Å². The Morgan fingerprint density at radius 3 is 1.25 bits per heavy atom. The zero-order valence-corrected chi connectivity index (χ0v) is 34.0. The first-order chi connectivity index (χ1) is 29.6. The molecule has 0 aromatic heterocycles. The lowest BCUT2D eigenvalue weighted by molar-refractivity contribution is 0.426. The van der Waals surface area contributed by atoms with E-state index < -0.39 is 5.41 Å². The number of anilines is 6. The molecule has 286 valence electrons. The summed E-state index contributed by atoms with van der Waals surface area (Å²) >= 11 is 3.74. The maximum absolute atomic E-state index is 7.03. The largest absolute Gasteiger partial charge is 0.457 e. The van der Waals surface area contributed by atoms with E-state index in [2.05, 4.69) is 226 Å². The van der Waals surface area contributed by atoms with Gasteiger partial charge < -0.3 is 19.3 Å². The molecule has 5 heteroatoms. The average molecular weight is 838 g/mol. The number of benzene rings is 9. The minimum atomic E-state index is -0.569. The first-order valence-electron chi connectivity index (χ1n) is 20.1. The molecular formula is C55H37BrN2O2. The molecule has 2 aliphatic rings. The fraction of sp³-hybridized carbons (Fsp3) is 0.0182. The molecule has 1 heterocycles. The lowest BCUT2D eigenvalue weighted by Crippen LogP contribution is -2.32. The number of fused-ring (bicyclic) bond motifs is 9. The van der Waals surface area contributed by atoms with Gasteiger partial charge in [-0.3, -0.25) is 0 Å². The lowest BCUT2D eigenvalue weighted by atomic mass is 9.66. The van der Waals surface area contributed by atoms with E-state index in [0.29, 0.717) is 11.5 Å². The van der Waals surface area contributed by atoms with Crippen molar-refractivity contribution in [1.29, 1.82) is 0 Å². The summed E-state index contributed by atoms with van der Waals surface area (Å²) in [6.45, 7) is 0. The van der Waals surface area contributed by atoms with Crippen molar-refractivity contribution < 1.29 is 9.47 Å². The smallest absolute Gasteiger partial charge is 0.135 e. The molecule has 9 aromatic rings. The first-order valence-corrected chi connectivity index (χ1v) is 20.9. The Kier molecular flexibility index (Phi) is 8.83. The minimum absolute atomic E-state index is 0.569. The van der Waals surface area contributed by atoms with Crippen LogP contribution in [0.1, 0.15) is 22.3 Å². The molecule has 0 amide bonds. The summed E-state index contributed by atoms with van der Waals surface area (Å²) < 4.78 is 14.9. The number of ether oxygens (including phenoxy) is 2. The van der Waals surface area contributed by atoms with Gasteiger partial charge in [0.25, 0.3) is 0 Å². The first kappa shape index (κ1) is 35.8. The number of rotatable bonds is 8. The number of nitrogens with zero attached hydrogens (tertiary/aromatic N) is 2. The SMILES string of the molecule is Brc1ccc2c(c1)Oc1cc(Oc3cc(N(c4ccccc4)c4ccccc4)cc(N(c4ccccc4)c4ccccc4)c3)ccc1C21c2ccccc2-c2ccccc21. The van der Waals surface area contributed by atoms with Crippen LogP contribution in [0.2, 0.25) is 0 Å². The Morgan fingerprint density at radius 2 is 0.767 bits per heavy atom. The summed E-state index contributed by atoms with van der Waals surface area (Å²) in [7, 11) is 0. The molecule has 0 unspecified atom stereocenters. The van der Waals surface area contributed by atoms with Crippen molar-refractivity contribution in [3.05, 3.63) is 251 Å². The maximum atomic E-state index is 7.03. The van der Waals surface area contributed by atoms with E-state index in [0.717, 1.165) is 61.2 Å². The number of para-hydroxylation sites is 4. The van der Waals surface area contributed by atoms with Gasteiger partial charge in [0.15, 0.2) is 0 Å². The number of halogens is 1. The van der Waals surface area contributed by atoms with Gasteiger partial charge in [0.1, 0.15) is 23.0 Å². The van der Waals surface area contributed by atoms with Gasteiger partial charge in [-0.25, -0.2) is 0 Å². The molecule has 0 saturated carbocycles. The van der Waals surface area contributed by atoms with E-state index >= 15 is 0 Å². The van der Waals surface area contributed by atoms with Crippen LogP contribution in [0, 0.1) is 0 Å². The molecule has 0 fully saturated rings. The van der Waals surface area contributed by atoms with Gasteiger partial charge in [-0.05, 0) is 95.1 Å². The van der Waals surface area contributed by atoms with Crippen LogP contribution in [0.3, 0.4) is 0 Å². The van der Waals surface area contributed by atoms with Gasteiger partial charge >= 0.3 is 0 Å². The third-order valence-electron chi connectivity index (χ3n) is 11.6. The molecule has 1 aliphatic heterocycles. The van der Waals surface area contributed by atoms with Gasteiger partial charge in [0.2, 0.25) is 0 Å². The van der Waals surface area contributed by atoms with Crippen LogP contribution < -0.4 is 19.3 Å². The van der Waals surface area contributed by atoms with Crippen molar-refractivity contribution in [2.45, 2.75) is 5.41 Å². The van der Waals surface area contributed by atoms with Gasteiger partial charge in [-0.1, -0.05) is 149 Å². The van der Waals surface area contributed by atoms with E-state index in [1.807, 2.05) is 24.3 Å². The molecule has 60 heavy (non-hydrogen) atoms. The predicted octanol–water partition coefficient (Wildman–Crippen LogP) is 15.6. The van der Waals surface area contributed by atoms with Crippen LogP contribution in [0.15, 0.2) is 229 Å². The molecule has 1 spiro atoms. The van der Waals surface area contributed by atoms with E-state index in [1.54, 1.807) is 0 Å². The monoisotopic (exact) mass is 836 g/mol. The molecule has 0 saturated heterocycles. The fourth-order valence-corrected chi connectivity index (χ4v) is 9.49. The van der Waals surface area contributed by atoms with Crippen molar-refractivity contribution >= 4 is 50.1 Å². The zero-order chi connectivity index (χ0) is 40.0.